The van der Waals surface area contributed by atoms with E-state index >= 15 is 0 Å². The maximum atomic E-state index is 4.23. The fourth-order valence-corrected chi connectivity index (χ4v) is 1.73. The van der Waals surface area contributed by atoms with Crippen molar-refractivity contribution in [1.29, 1.82) is 0 Å². The minimum absolute atomic E-state index is 0.510. The molecule has 0 aromatic carbocycles. The summed E-state index contributed by atoms with van der Waals surface area (Å²) in [5.41, 5.74) is 0. The van der Waals surface area contributed by atoms with E-state index in [1.807, 2.05) is 0 Å². The number of halogens is 1. The number of allylic oxidation sites excluding steroid dienone is 1. The normalized spacial score (nSPS) is 20.8. The summed E-state index contributed by atoms with van der Waals surface area (Å²) < 4.78 is 0.770. The van der Waals surface area contributed by atoms with E-state index in [-0.39, 0.29) is 0 Å². The predicted molar refractivity (Wildman–Crippen MR) is 60.1 cm³/mol. The Balaban J connectivity index is 1.96. The average molecular weight is 254 g/mol. The molecule has 0 aliphatic heterocycles. The molecule has 1 unspecified atom stereocenters. The highest BCUT2D eigenvalue weighted by atomic mass is 79.9. The van der Waals surface area contributed by atoms with Crippen LogP contribution in [0.5, 0.6) is 0 Å². The van der Waals surface area contributed by atoms with Gasteiger partial charge in [0.05, 0.1) is 12.4 Å². The molecule has 1 aliphatic rings. The Hall–Kier alpha value is -0.900. The van der Waals surface area contributed by atoms with Gasteiger partial charge in [-0.05, 0) is 35.2 Å². The summed E-state index contributed by atoms with van der Waals surface area (Å²) in [6.07, 6.45) is 11.3. The zero-order valence-electron chi connectivity index (χ0n) is 7.78. The van der Waals surface area contributed by atoms with Crippen LogP contribution in [0.3, 0.4) is 0 Å². The van der Waals surface area contributed by atoms with Crippen molar-refractivity contribution in [3.8, 4) is 0 Å². The zero-order chi connectivity index (χ0) is 9.80. The van der Waals surface area contributed by atoms with Crippen LogP contribution < -0.4 is 5.32 Å². The van der Waals surface area contributed by atoms with E-state index in [0.717, 1.165) is 23.3 Å². The van der Waals surface area contributed by atoms with Crippen LogP contribution in [0.15, 0.2) is 29.1 Å². The lowest BCUT2D eigenvalue weighted by Gasteiger charge is -2.19. The quantitative estimate of drug-likeness (QED) is 0.824. The Morgan fingerprint density at radius 1 is 1.29 bits per heavy atom. The summed E-state index contributed by atoms with van der Waals surface area (Å²) in [6.45, 7) is 0. The van der Waals surface area contributed by atoms with Crippen LogP contribution in [0.1, 0.15) is 19.3 Å². The van der Waals surface area contributed by atoms with E-state index in [2.05, 4.69) is 43.4 Å². The lowest BCUT2D eigenvalue weighted by atomic mass is 10.0. The van der Waals surface area contributed by atoms with E-state index in [0.29, 0.717) is 6.04 Å². The molecule has 4 heteroatoms. The van der Waals surface area contributed by atoms with Crippen LogP contribution in [0, 0.1) is 0 Å². The summed E-state index contributed by atoms with van der Waals surface area (Å²) in [5.74, 6) is 0.855. The van der Waals surface area contributed by atoms with Crippen molar-refractivity contribution in [2.75, 3.05) is 5.32 Å². The Bertz CT molecular complexity index is 321. The molecule has 0 fully saturated rings. The van der Waals surface area contributed by atoms with Gasteiger partial charge in [-0.15, -0.1) is 0 Å². The Morgan fingerprint density at radius 3 is 2.86 bits per heavy atom. The maximum absolute atomic E-state index is 4.23. The molecule has 0 saturated heterocycles. The molecule has 0 bridgehead atoms. The number of nitrogens with one attached hydrogen (secondary N) is 1. The molecule has 1 heterocycles. The van der Waals surface area contributed by atoms with Crippen LogP contribution in [0.2, 0.25) is 0 Å². The van der Waals surface area contributed by atoms with Crippen molar-refractivity contribution in [2.24, 2.45) is 0 Å². The molecule has 2 rings (SSSR count). The summed E-state index contributed by atoms with van der Waals surface area (Å²) in [4.78, 5) is 8.35. The van der Waals surface area contributed by atoms with Gasteiger partial charge in [0.15, 0.2) is 0 Å². The van der Waals surface area contributed by atoms with Gasteiger partial charge in [0.2, 0.25) is 0 Å². The molecular weight excluding hydrogens is 242 g/mol. The SMILES string of the molecule is Brc1cnc(NC2CC=CCC2)cn1. The molecule has 74 valence electrons. The smallest absolute Gasteiger partial charge is 0.144 e. The van der Waals surface area contributed by atoms with E-state index in [1.165, 1.54) is 6.42 Å². The fourth-order valence-electron chi connectivity index (χ4n) is 1.52. The second-order valence-corrected chi connectivity index (χ2v) is 4.16. The first kappa shape index (κ1) is 9.65. The van der Waals surface area contributed by atoms with Gasteiger partial charge in [-0.1, -0.05) is 12.2 Å². The lowest BCUT2D eigenvalue weighted by Crippen LogP contribution is -2.20. The molecule has 0 saturated carbocycles. The minimum Gasteiger partial charge on any atom is -0.366 e. The van der Waals surface area contributed by atoms with Gasteiger partial charge in [-0.25, -0.2) is 9.97 Å². The van der Waals surface area contributed by atoms with Gasteiger partial charge >= 0.3 is 0 Å². The zero-order valence-corrected chi connectivity index (χ0v) is 9.37. The van der Waals surface area contributed by atoms with Gasteiger partial charge in [0, 0.05) is 6.04 Å². The summed E-state index contributed by atoms with van der Waals surface area (Å²) in [7, 11) is 0. The van der Waals surface area contributed by atoms with Gasteiger partial charge in [-0.2, -0.15) is 0 Å². The number of hydrogen-bond acceptors (Lipinski definition) is 3. The largest absolute Gasteiger partial charge is 0.366 e. The third kappa shape index (κ3) is 2.54. The van der Waals surface area contributed by atoms with Crippen molar-refractivity contribution >= 4 is 21.7 Å². The van der Waals surface area contributed by atoms with Crippen LogP contribution >= 0.6 is 15.9 Å². The topological polar surface area (TPSA) is 37.8 Å². The Kier molecular flexibility index (Phi) is 3.14. The van der Waals surface area contributed by atoms with Crippen LogP contribution in [-0.2, 0) is 0 Å². The second-order valence-electron chi connectivity index (χ2n) is 3.35. The molecular formula is C10H12BrN3. The number of aromatic nitrogens is 2. The third-order valence-electron chi connectivity index (χ3n) is 2.24. The first-order valence-electron chi connectivity index (χ1n) is 4.73. The van der Waals surface area contributed by atoms with Gasteiger partial charge in [-0.3, -0.25) is 0 Å². The van der Waals surface area contributed by atoms with Crippen molar-refractivity contribution in [1.82, 2.24) is 9.97 Å². The van der Waals surface area contributed by atoms with Crippen LogP contribution in [-0.4, -0.2) is 16.0 Å². The second kappa shape index (κ2) is 4.55. The van der Waals surface area contributed by atoms with Crippen molar-refractivity contribution in [2.45, 2.75) is 25.3 Å². The molecule has 1 aromatic heterocycles. The summed E-state index contributed by atoms with van der Waals surface area (Å²) in [5, 5.41) is 3.36. The van der Waals surface area contributed by atoms with Gasteiger partial charge in [0.25, 0.3) is 0 Å². The number of hydrogen-bond donors (Lipinski definition) is 1. The van der Waals surface area contributed by atoms with E-state index in [4.69, 9.17) is 0 Å². The van der Waals surface area contributed by atoms with Crippen molar-refractivity contribution < 1.29 is 0 Å². The highest BCUT2D eigenvalue weighted by Gasteiger charge is 2.09. The highest BCUT2D eigenvalue weighted by Crippen LogP contribution is 2.15. The van der Waals surface area contributed by atoms with Crippen LogP contribution in [0.4, 0.5) is 5.82 Å². The average Bonchev–Trinajstić information content (AvgIpc) is 2.23. The Morgan fingerprint density at radius 2 is 2.21 bits per heavy atom. The maximum Gasteiger partial charge on any atom is 0.144 e. The van der Waals surface area contributed by atoms with E-state index in [9.17, 15) is 0 Å². The fraction of sp³-hybridized carbons (Fsp3) is 0.400. The molecule has 14 heavy (non-hydrogen) atoms. The molecule has 0 radical (unpaired) electrons. The Labute approximate surface area is 91.8 Å². The molecule has 0 amide bonds. The van der Waals surface area contributed by atoms with E-state index in [1.54, 1.807) is 12.4 Å². The highest BCUT2D eigenvalue weighted by molar-refractivity contribution is 9.10. The van der Waals surface area contributed by atoms with Crippen LogP contribution in [0.25, 0.3) is 0 Å². The first-order valence-corrected chi connectivity index (χ1v) is 5.53. The molecule has 1 aromatic rings. The molecule has 3 nitrogen and oxygen atoms in total. The van der Waals surface area contributed by atoms with E-state index < -0.39 is 0 Å². The summed E-state index contributed by atoms with van der Waals surface area (Å²) in [6, 6.07) is 0.510. The number of rotatable bonds is 2. The van der Waals surface area contributed by atoms with Crippen molar-refractivity contribution in [3.05, 3.63) is 29.1 Å². The minimum atomic E-state index is 0.510. The third-order valence-corrected chi connectivity index (χ3v) is 2.65. The number of nitrogens with zero attached hydrogens (tertiary/aromatic N) is 2. The number of anilines is 1. The monoisotopic (exact) mass is 253 g/mol. The predicted octanol–water partition coefficient (Wildman–Crippen LogP) is 2.76. The van der Waals surface area contributed by atoms with Gasteiger partial charge in [0.1, 0.15) is 10.4 Å². The first-order chi connectivity index (χ1) is 6.84. The lowest BCUT2D eigenvalue weighted by molar-refractivity contribution is 0.641. The summed E-state index contributed by atoms with van der Waals surface area (Å²) >= 11 is 3.26. The standard InChI is InChI=1S/C10H12BrN3/c11-9-6-13-10(7-12-9)14-8-4-2-1-3-5-8/h1-2,6-8H,3-5H2,(H,13,14). The van der Waals surface area contributed by atoms with Gasteiger partial charge < -0.3 is 5.32 Å². The molecule has 1 atom stereocenters. The molecule has 0 spiro atoms. The van der Waals surface area contributed by atoms with Crippen molar-refractivity contribution in [3.63, 3.8) is 0 Å². The molecule has 1 N–H and O–H groups in total. The molecule has 1 aliphatic carbocycles.